The molecule has 0 N–H and O–H groups in total. The zero-order valence-corrected chi connectivity index (χ0v) is 17.6. The summed E-state index contributed by atoms with van der Waals surface area (Å²) in [6.45, 7) is 11.1. The van der Waals surface area contributed by atoms with Gasteiger partial charge in [0.05, 0.1) is 0 Å². The molecular formula is C22H34O5. The van der Waals surface area contributed by atoms with Gasteiger partial charge in [-0.3, -0.25) is 14.4 Å². The first-order valence-electron chi connectivity index (χ1n) is 10.1. The molecule has 1 aliphatic heterocycles. The van der Waals surface area contributed by atoms with Crippen molar-refractivity contribution in [2.24, 2.45) is 5.92 Å². The third-order valence-electron chi connectivity index (χ3n) is 6.08. The van der Waals surface area contributed by atoms with E-state index < -0.39 is 17.3 Å². The lowest BCUT2D eigenvalue weighted by Crippen LogP contribution is -2.33. The molecule has 0 spiro atoms. The zero-order chi connectivity index (χ0) is 20.4. The highest BCUT2D eigenvalue weighted by Gasteiger charge is 2.56. The van der Waals surface area contributed by atoms with Gasteiger partial charge in [-0.25, -0.2) is 0 Å². The number of hydrogen-bond acceptors (Lipinski definition) is 5. The van der Waals surface area contributed by atoms with E-state index in [1.165, 1.54) is 6.92 Å². The lowest BCUT2D eigenvalue weighted by Gasteiger charge is -2.30. The molecule has 1 saturated carbocycles. The largest absolute Gasteiger partial charge is 0.460 e. The molecule has 2 rings (SSSR count). The Morgan fingerprint density at radius 2 is 1.70 bits per heavy atom. The van der Waals surface area contributed by atoms with Gasteiger partial charge in [-0.1, -0.05) is 12.5 Å². The molecule has 4 atom stereocenters. The van der Waals surface area contributed by atoms with Crippen molar-refractivity contribution in [2.45, 2.75) is 104 Å². The predicted molar refractivity (Wildman–Crippen MR) is 103 cm³/mol. The molecule has 0 bridgehead atoms. The summed E-state index contributed by atoms with van der Waals surface area (Å²) in [7, 11) is 0. The normalized spacial score (nSPS) is 35.9. The average molecular weight is 379 g/mol. The highest BCUT2D eigenvalue weighted by atomic mass is 16.6. The van der Waals surface area contributed by atoms with Crippen molar-refractivity contribution in [3.63, 3.8) is 0 Å². The Labute approximate surface area is 162 Å². The number of hydrogen-bond donors (Lipinski definition) is 0. The molecule has 1 saturated heterocycles. The van der Waals surface area contributed by atoms with E-state index in [1.54, 1.807) is 0 Å². The second-order valence-electron chi connectivity index (χ2n) is 8.96. The number of carbonyl (C=O) groups excluding carboxylic acids is 3. The van der Waals surface area contributed by atoms with Crippen LogP contribution in [0.15, 0.2) is 11.1 Å². The topological polar surface area (TPSA) is 73.0 Å². The van der Waals surface area contributed by atoms with Crippen LogP contribution in [0.5, 0.6) is 0 Å². The lowest BCUT2D eigenvalue weighted by molar-refractivity contribution is -0.157. The molecule has 1 heterocycles. The molecule has 0 aromatic rings. The monoisotopic (exact) mass is 378 g/mol. The Morgan fingerprint density at radius 1 is 1.07 bits per heavy atom. The number of rotatable bonds is 1. The van der Waals surface area contributed by atoms with Gasteiger partial charge in [0, 0.05) is 19.3 Å². The van der Waals surface area contributed by atoms with Crippen molar-refractivity contribution in [2.75, 3.05) is 0 Å². The molecule has 1 aliphatic carbocycles. The number of ketones is 2. The maximum Gasteiger partial charge on any atom is 0.303 e. The number of esters is 1. The van der Waals surface area contributed by atoms with Gasteiger partial charge in [-0.2, -0.15) is 0 Å². The number of carbonyl (C=O) groups is 3. The molecule has 152 valence electrons. The van der Waals surface area contributed by atoms with Crippen LogP contribution in [0, 0.1) is 5.92 Å². The molecule has 0 aromatic heterocycles. The Bertz CT molecular complexity index is 645. The third kappa shape index (κ3) is 5.50. The van der Waals surface area contributed by atoms with Crippen molar-refractivity contribution < 1.29 is 23.9 Å². The van der Waals surface area contributed by atoms with Crippen molar-refractivity contribution in [1.82, 2.24) is 0 Å². The smallest absolute Gasteiger partial charge is 0.303 e. The SMILES string of the molecule is CC(=O)O[C@@]1(C)CCC(=O)[C@H](C)CCC[C@]2(C)O[C@H]2C(=O)C(=C(C)C)CC1. The minimum atomic E-state index is -0.750. The van der Waals surface area contributed by atoms with Crippen LogP contribution in [0.4, 0.5) is 0 Å². The quantitative estimate of drug-likeness (QED) is 0.386. The van der Waals surface area contributed by atoms with Crippen LogP contribution in [-0.2, 0) is 23.9 Å². The summed E-state index contributed by atoms with van der Waals surface area (Å²) in [5, 5.41) is 0. The molecule has 0 unspecified atom stereocenters. The second-order valence-corrected chi connectivity index (χ2v) is 8.96. The molecule has 27 heavy (non-hydrogen) atoms. The highest BCUT2D eigenvalue weighted by Crippen LogP contribution is 2.44. The maximum atomic E-state index is 13.0. The Morgan fingerprint density at radius 3 is 2.30 bits per heavy atom. The minimum Gasteiger partial charge on any atom is -0.460 e. The van der Waals surface area contributed by atoms with Gasteiger partial charge in [-0.15, -0.1) is 0 Å². The first kappa shape index (κ1) is 21.8. The van der Waals surface area contributed by atoms with Crippen LogP contribution in [-0.4, -0.2) is 34.8 Å². The van der Waals surface area contributed by atoms with E-state index in [-0.39, 0.29) is 23.5 Å². The van der Waals surface area contributed by atoms with Crippen LogP contribution in [0.3, 0.4) is 0 Å². The molecule has 5 heteroatoms. The first-order chi connectivity index (χ1) is 12.5. The summed E-state index contributed by atoms with van der Waals surface area (Å²) in [6, 6.07) is 0. The van der Waals surface area contributed by atoms with Gasteiger partial charge >= 0.3 is 5.97 Å². The molecule has 0 radical (unpaired) electrons. The van der Waals surface area contributed by atoms with Crippen LogP contribution in [0.25, 0.3) is 0 Å². The molecule has 0 aromatic carbocycles. The van der Waals surface area contributed by atoms with Gasteiger partial charge in [-0.05, 0) is 71.8 Å². The fourth-order valence-corrected chi connectivity index (χ4v) is 4.05. The molecule has 5 nitrogen and oxygen atoms in total. The zero-order valence-electron chi connectivity index (χ0n) is 17.6. The highest BCUT2D eigenvalue weighted by molar-refractivity contribution is 6.01. The van der Waals surface area contributed by atoms with Crippen molar-refractivity contribution in [3.05, 3.63) is 11.1 Å². The molecule has 2 aliphatic rings. The van der Waals surface area contributed by atoms with Gasteiger partial charge in [0.15, 0.2) is 5.78 Å². The summed E-state index contributed by atoms with van der Waals surface area (Å²) in [5.41, 5.74) is 0.572. The van der Waals surface area contributed by atoms with E-state index in [4.69, 9.17) is 9.47 Å². The minimum absolute atomic E-state index is 0.0284. The van der Waals surface area contributed by atoms with Gasteiger partial charge < -0.3 is 9.47 Å². The van der Waals surface area contributed by atoms with Crippen molar-refractivity contribution >= 4 is 17.5 Å². The standard InChI is InChI=1S/C22H34O5/c1-14(2)17-9-12-21(5,26-16(4)23)13-10-18(24)15(3)8-7-11-22(6)20(27-22)19(17)25/h15,20H,7-13H2,1-6H3/t15-,20+,21-,22+/m1/s1. The van der Waals surface area contributed by atoms with Crippen molar-refractivity contribution in [1.29, 1.82) is 0 Å². The summed E-state index contributed by atoms with van der Waals surface area (Å²) in [4.78, 5) is 37.1. The van der Waals surface area contributed by atoms with Crippen LogP contribution >= 0.6 is 0 Å². The second kappa shape index (κ2) is 8.26. The summed E-state index contributed by atoms with van der Waals surface area (Å²) in [5.74, 6) is -0.118. The summed E-state index contributed by atoms with van der Waals surface area (Å²) >= 11 is 0. The summed E-state index contributed by atoms with van der Waals surface area (Å²) < 4.78 is 11.4. The van der Waals surface area contributed by atoms with Crippen LogP contribution in [0.2, 0.25) is 0 Å². The van der Waals surface area contributed by atoms with E-state index in [0.29, 0.717) is 25.7 Å². The Balaban J connectivity index is 2.26. The average Bonchev–Trinajstić information content (AvgIpc) is 3.22. The van der Waals surface area contributed by atoms with E-state index >= 15 is 0 Å². The molecule has 2 fully saturated rings. The number of Topliss-reactive ketones (excluding diaryl/α,β-unsaturated/α-hetero) is 2. The lowest BCUT2D eigenvalue weighted by atomic mass is 9.84. The third-order valence-corrected chi connectivity index (χ3v) is 6.08. The van der Waals surface area contributed by atoms with E-state index in [0.717, 1.165) is 30.4 Å². The number of allylic oxidation sites excluding steroid dienone is 1. The van der Waals surface area contributed by atoms with Gasteiger partial charge in [0.25, 0.3) is 0 Å². The number of fused-ring (bicyclic) bond motifs is 1. The van der Waals surface area contributed by atoms with Gasteiger partial charge in [0.1, 0.15) is 23.1 Å². The van der Waals surface area contributed by atoms with E-state index in [1.807, 2.05) is 34.6 Å². The molecular weight excluding hydrogens is 344 g/mol. The van der Waals surface area contributed by atoms with Crippen LogP contribution in [0.1, 0.15) is 86.5 Å². The molecule has 0 amide bonds. The van der Waals surface area contributed by atoms with Crippen LogP contribution < -0.4 is 0 Å². The van der Waals surface area contributed by atoms with Gasteiger partial charge in [0.2, 0.25) is 0 Å². The first-order valence-corrected chi connectivity index (χ1v) is 10.1. The Kier molecular flexibility index (Phi) is 6.67. The fourth-order valence-electron chi connectivity index (χ4n) is 4.05. The van der Waals surface area contributed by atoms with E-state index in [9.17, 15) is 14.4 Å². The van der Waals surface area contributed by atoms with Crippen molar-refractivity contribution in [3.8, 4) is 0 Å². The Hall–Kier alpha value is -1.49. The van der Waals surface area contributed by atoms with E-state index in [2.05, 4.69) is 0 Å². The summed E-state index contributed by atoms with van der Waals surface area (Å²) in [6.07, 6.45) is 3.96. The number of epoxide rings is 1. The number of ether oxygens (including phenoxy) is 2. The fraction of sp³-hybridized carbons (Fsp3) is 0.773. The maximum absolute atomic E-state index is 13.0. The predicted octanol–water partition coefficient (Wildman–Crippen LogP) is 4.32.